The summed E-state index contributed by atoms with van der Waals surface area (Å²) in [5.41, 5.74) is 12.2. The van der Waals surface area contributed by atoms with Gasteiger partial charge in [-0.15, -0.1) is 0 Å². The lowest BCUT2D eigenvalue weighted by molar-refractivity contribution is -0.122. The van der Waals surface area contributed by atoms with E-state index in [0.717, 1.165) is 25.9 Å². The number of pyridine rings is 1. The van der Waals surface area contributed by atoms with Gasteiger partial charge >= 0.3 is 0 Å². The van der Waals surface area contributed by atoms with Crippen LogP contribution in [0.5, 0.6) is 5.75 Å². The van der Waals surface area contributed by atoms with Crippen LogP contribution in [0.3, 0.4) is 0 Å². The van der Waals surface area contributed by atoms with E-state index in [1.54, 1.807) is 18.5 Å². The summed E-state index contributed by atoms with van der Waals surface area (Å²) in [5.74, 6) is -0.599. The molecule has 10 heteroatoms. The van der Waals surface area contributed by atoms with Crippen LogP contribution in [0.2, 0.25) is 0 Å². The highest BCUT2D eigenvalue weighted by Crippen LogP contribution is 2.27. The molecular formula is C18H30FN7O2. The van der Waals surface area contributed by atoms with Gasteiger partial charge in [0, 0.05) is 38.4 Å². The van der Waals surface area contributed by atoms with Gasteiger partial charge in [0.05, 0.1) is 24.4 Å². The standard InChI is InChI=1S/C18H30FN7O2/c1-26-6-3-12(4-7-26)28-14-2-5-22-10-13(14)25-18(27)15(16(20)21)17-23-8-11(19)9-24-17/h2,5,10-12,15-17,23-24H,3-4,6-9,20-21H2,1H3,(H,25,27). The summed E-state index contributed by atoms with van der Waals surface area (Å²) in [7, 11) is 2.09. The minimum absolute atomic E-state index is 0.0879. The number of anilines is 1. The largest absolute Gasteiger partial charge is 0.488 e. The van der Waals surface area contributed by atoms with Crippen molar-refractivity contribution in [3.8, 4) is 5.75 Å². The first kappa shape index (κ1) is 20.9. The molecule has 1 aromatic rings. The van der Waals surface area contributed by atoms with Crippen molar-refractivity contribution in [2.45, 2.75) is 37.4 Å². The SMILES string of the molecule is CN1CCC(Oc2ccncc2NC(=O)C(C(N)N)C2NCC(F)CN2)CC1. The number of ether oxygens (including phenoxy) is 1. The number of hydrogen-bond donors (Lipinski definition) is 5. The summed E-state index contributed by atoms with van der Waals surface area (Å²) in [6.07, 6.45) is 2.65. The Morgan fingerprint density at radius 2 is 2.04 bits per heavy atom. The summed E-state index contributed by atoms with van der Waals surface area (Å²) in [4.78, 5) is 19.2. The highest BCUT2D eigenvalue weighted by molar-refractivity contribution is 5.94. The first-order valence-corrected chi connectivity index (χ1v) is 9.66. The molecule has 2 aliphatic rings. The second kappa shape index (κ2) is 9.57. The summed E-state index contributed by atoms with van der Waals surface area (Å²) < 4.78 is 19.5. The molecule has 0 bridgehead atoms. The molecule has 3 heterocycles. The number of carbonyl (C=O) groups excluding carboxylic acids is 1. The van der Waals surface area contributed by atoms with Crippen LogP contribution < -0.4 is 32.2 Å². The lowest BCUT2D eigenvalue weighted by Crippen LogP contribution is -2.64. The highest BCUT2D eigenvalue weighted by Gasteiger charge is 2.35. The number of hydrogen-bond acceptors (Lipinski definition) is 8. The Bertz CT molecular complexity index is 647. The van der Waals surface area contributed by atoms with Gasteiger partial charge in [-0.1, -0.05) is 0 Å². The molecule has 2 saturated heterocycles. The number of aromatic nitrogens is 1. The van der Waals surface area contributed by atoms with Crippen LogP contribution in [0, 0.1) is 5.92 Å². The minimum atomic E-state index is -1.01. The number of halogens is 1. The molecule has 7 N–H and O–H groups in total. The summed E-state index contributed by atoms with van der Waals surface area (Å²) >= 11 is 0. The molecule has 2 fully saturated rings. The molecule has 0 radical (unpaired) electrons. The fourth-order valence-corrected chi connectivity index (χ4v) is 3.53. The maximum atomic E-state index is 13.4. The molecule has 0 spiro atoms. The monoisotopic (exact) mass is 395 g/mol. The second-order valence-corrected chi connectivity index (χ2v) is 7.48. The van der Waals surface area contributed by atoms with Gasteiger partial charge in [0.15, 0.2) is 0 Å². The van der Waals surface area contributed by atoms with E-state index < -0.39 is 24.4 Å². The van der Waals surface area contributed by atoms with Crippen LogP contribution in [0.1, 0.15) is 12.8 Å². The van der Waals surface area contributed by atoms with Crippen molar-refractivity contribution >= 4 is 11.6 Å². The predicted octanol–water partition coefficient (Wildman–Crippen LogP) is -0.790. The number of nitrogens with zero attached hydrogens (tertiary/aromatic N) is 2. The number of alkyl halides is 1. The summed E-state index contributed by atoms with van der Waals surface area (Å²) in [6.45, 7) is 2.23. The van der Waals surface area contributed by atoms with E-state index >= 15 is 0 Å². The van der Waals surface area contributed by atoms with Gasteiger partial charge in [-0.05, 0) is 19.9 Å². The van der Waals surface area contributed by atoms with E-state index in [4.69, 9.17) is 16.2 Å². The van der Waals surface area contributed by atoms with Gasteiger partial charge in [-0.25, -0.2) is 4.39 Å². The lowest BCUT2D eigenvalue weighted by atomic mass is 9.99. The Balaban J connectivity index is 1.67. The van der Waals surface area contributed by atoms with Crippen LogP contribution in [-0.4, -0.2) is 73.6 Å². The Hall–Kier alpha value is -1.85. The van der Waals surface area contributed by atoms with E-state index in [2.05, 4.69) is 32.9 Å². The smallest absolute Gasteiger partial charge is 0.233 e. The third-order valence-corrected chi connectivity index (χ3v) is 5.19. The van der Waals surface area contributed by atoms with Crippen molar-refractivity contribution in [2.75, 3.05) is 38.5 Å². The molecule has 156 valence electrons. The quantitative estimate of drug-likeness (QED) is 0.396. The fraction of sp³-hybridized carbons (Fsp3) is 0.667. The van der Waals surface area contributed by atoms with E-state index in [0.29, 0.717) is 11.4 Å². The van der Waals surface area contributed by atoms with Crippen molar-refractivity contribution in [1.29, 1.82) is 0 Å². The first-order valence-electron chi connectivity index (χ1n) is 9.66. The molecule has 2 aliphatic heterocycles. The Kier molecular flexibility index (Phi) is 7.13. The Morgan fingerprint density at radius 1 is 1.36 bits per heavy atom. The number of likely N-dealkylation sites (tertiary alicyclic amines) is 1. The van der Waals surface area contributed by atoms with Crippen molar-refractivity contribution in [3.63, 3.8) is 0 Å². The van der Waals surface area contributed by atoms with Crippen molar-refractivity contribution < 1.29 is 13.9 Å². The lowest BCUT2D eigenvalue weighted by Gasteiger charge is -2.34. The maximum absolute atomic E-state index is 13.4. The van der Waals surface area contributed by atoms with E-state index in [1.807, 2.05) is 0 Å². The number of piperidine rings is 1. The van der Waals surface area contributed by atoms with Crippen molar-refractivity contribution in [1.82, 2.24) is 20.5 Å². The highest BCUT2D eigenvalue weighted by atomic mass is 19.1. The van der Waals surface area contributed by atoms with Gasteiger partial charge in [-0.3, -0.25) is 20.4 Å². The normalized spacial score (nSPS) is 25.5. The van der Waals surface area contributed by atoms with Crippen LogP contribution >= 0.6 is 0 Å². The minimum Gasteiger partial charge on any atom is -0.488 e. The maximum Gasteiger partial charge on any atom is 0.233 e. The van der Waals surface area contributed by atoms with Gasteiger partial charge in [0.2, 0.25) is 5.91 Å². The van der Waals surface area contributed by atoms with Gasteiger partial charge in [0.25, 0.3) is 0 Å². The molecule has 3 rings (SSSR count). The third kappa shape index (κ3) is 5.36. The molecule has 1 unspecified atom stereocenters. The van der Waals surface area contributed by atoms with Crippen molar-refractivity contribution in [3.05, 3.63) is 18.5 Å². The molecular weight excluding hydrogens is 365 g/mol. The van der Waals surface area contributed by atoms with Gasteiger partial charge in [-0.2, -0.15) is 0 Å². The molecule has 1 atom stereocenters. The Labute approximate surface area is 164 Å². The zero-order valence-corrected chi connectivity index (χ0v) is 16.1. The van der Waals surface area contributed by atoms with Crippen LogP contribution in [0.4, 0.5) is 10.1 Å². The second-order valence-electron chi connectivity index (χ2n) is 7.48. The van der Waals surface area contributed by atoms with Crippen LogP contribution in [0.15, 0.2) is 18.5 Å². The summed E-state index contributed by atoms with van der Waals surface area (Å²) in [5, 5.41) is 8.71. The summed E-state index contributed by atoms with van der Waals surface area (Å²) in [6, 6.07) is 1.73. The number of rotatable bonds is 6. The van der Waals surface area contributed by atoms with Crippen LogP contribution in [-0.2, 0) is 4.79 Å². The molecule has 9 nitrogen and oxygen atoms in total. The fourth-order valence-electron chi connectivity index (χ4n) is 3.53. The molecule has 0 aromatic carbocycles. The first-order chi connectivity index (χ1) is 13.4. The molecule has 1 amide bonds. The zero-order chi connectivity index (χ0) is 20.1. The van der Waals surface area contributed by atoms with E-state index in [9.17, 15) is 9.18 Å². The molecule has 28 heavy (non-hydrogen) atoms. The average Bonchev–Trinajstić information content (AvgIpc) is 2.66. The molecule has 0 aliphatic carbocycles. The third-order valence-electron chi connectivity index (χ3n) is 5.19. The topological polar surface area (TPSA) is 131 Å². The van der Waals surface area contributed by atoms with E-state index in [-0.39, 0.29) is 25.1 Å². The van der Waals surface area contributed by atoms with Crippen LogP contribution in [0.25, 0.3) is 0 Å². The number of nitrogens with two attached hydrogens (primary N) is 2. The van der Waals surface area contributed by atoms with Crippen molar-refractivity contribution in [2.24, 2.45) is 17.4 Å². The van der Waals surface area contributed by atoms with Gasteiger partial charge in [0.1, 0.15) is 23.7 Å². The molecule has 0 saturated carbocycles. The van der Waals surface area contributed by atoms with Gasteiger partial charge < -0.3 is 26.4 Å². The molecule has 1 aromatic heterocycles. The predicted molar refractivity (Wildman–Crippen MR) is 104 cm³/mol. The zero-order valence-electron chi connectivity index (χ0n) is 16.1. The number of amides is 1. The number of nitrogens with one attached hydrogen (secondary N) is 3. The Morgan fingerprint density at radius 3 is 2.68 bits per heavy atom. The van der Waals surface area contributed by atoms with E-state index in [1.165, 1.54) is 0 Å². The number of carbonyl (C=O) groups is 1. The average molecular weight is 395 g/mol.